The number of hydrogen-bond donors (Lipinski definition) is 1. The van der Waals surface area contributed by atoms with E-state index in [-0.39, 0.29) is 6.42 Å². The number of carbonyl (C=O) groups is 2. The first-order valence-corrected chi connectivity index (χ1v) is 4.40. The Kier molecular flexibility index (Phi) is 5.60. The Bertz CT molecular complexity index is 239. The number of ether oxygens (including phenoxy) is 1. The van der Waals surface area contributed by atoms with E-state index in [1.54, 1.807) is 0 Å². The van der Waals surface area contributed by atoms with Gasteiger partial charge in [0, 0.05) is 0 Å². The highest BCUT2D eigenvalue weighted by molar-refractivity contribution is 5.78. The van der Waals surface area contributed by atoms with Crippen molar-refractivity contribution in [3.05, 3.63) is 11.6 Å². The van der Waals surface area contributed by atoms with Crippen molar-refractivity contribution in [2.75, 3.05) is 7.11 Å². The summed E-state index contributed by atoms with van der Waals surface area (Å²) in [5, 5.41) is 8.79. The predicted octanol–water partition coefficient (Wildman–Crippen LogP) is 1.61. The summed E-state index contributed by atoms with van der Waals surface area (Å²) in [5.41, 5.74) is 1.04. The molecule has 80 valence electrons. The summed E-state index contributed by atoms with van der Waals surface area (Å²) in [6, 6.07) is 0. The van der Waals surface area contributed by atoms with Crippen LogP contribution in [0.15, 0.2) is 11.6 Å². The Morgan fingerprint density at radius 1 is 1.43 bits per heavy atom. The van der Waals surface area contributed by atoms with Gasteiger partial charge >= 0.3 is 11.9 Å². The van der Waals surface area contributed by atoms with Crippen LogP contribution in [-0.2, 0) is 14.3 Å². The number of carboxylic acids is 1. The van der Waals surface area contributed by atoms with Crippen LogP contribution in [0.4, 0.5) is 0 Å². The Morgan fingerprint density at radius 2 is 2.00 bits per heavy atom. The van der Waals surface area contributed by atoms with Gasteiger partial charge < -0.3 is 9.84 Å². The molecule has 1 N–H and O–H groups in total. The van der Waals surface area contributed by atoms with Crippen molar-refractivity contribution in [1.82, 2.24) is 0 Å². The molecule has 0 fully saturated rings. The average Bonchev–Trinajstić information content (AvgIpc) is 2.10. The second-order valence-corrected chi connectivity index (χ2v) is 3.33. The topological polar surface area (TPSA) is 63.6 Å². The van der Waals surface area contributed by atoms with Gasteiger partial charge in [-0.2, -0.15) is 0 Å². The van der Waals surface area contributed by atoms with Crippen LogP contribution in [0.25, 0.3) is 0 Å². The molecule has 1 atom stereocenters. The molecule has 0 bridgehead atoms. The molecule has 0 heterocycles. The van der Waals surface area contributed by atoms with Crippen LogP contribution in [0.2, 0.25) is 0 Å². The van der Waals surface area contributed by atoms with Crippen molar-refractivity contribution in [3.8, 4) is 0 Å². The smallest absolute Gasteiger partial charge is 0.307 e. The van der Waals surface area contributed by atoms with Crippen molar-refractivity contribution >= 4 is 11.9 Å². The summed E-state index contributed by atoms with van der Waals surface area (Å²) in [4.78, 5) is 21.6. The molecule has 0 radical (unpaired) electrons. The van der Waals surface area contributed by atoms with E-state index in [1.807, 2.05) is 19.9 Å². The Balaban J connectivity index is 4.24. The highest BCUT2D eigenvalue weighted by atomic mass is 16.5. The average molecular weight is 200 g/mol. The number of esters is 1. The monoisotopic (exact) mass is 200 g/mol. The zero-order valence-corrected chi connectivity index (χ0v) is 8.74. The number of rotatable bonds is 5. The van der Waals surface area contributed by atoms with E-state index in [4.69, 9.17) is 5.11 Å². The van der Waals surface area contributed by atoms with Crippen molar-refractivity contribution < 1.29 is 19.4 Å². The number of hydrogen-bond acceptors (Lipinski definition) is 3. The highest BCUT2D eigenvalue weighted by Crippen LogP contribution is 2.12. The molecule has 1 unspecified atom stereocenters. The summed E-state index contributed by atoms with van der Waals surface area (Å²) in [6.07, 6.45) is 2.10. The Hall–Kier alpha value is -1.32. The van der Waals surface area contributed by atoms with E-state index in [2.05, 4.69) is 4.74 Å². The van der Waals surface area contributed by atoms with Crippen molar-refractivity contribution in [1.29, 1.82) is 0 Å². The summed E-state index contributed by atoms with van der Waals surface area (Å²) < 4.78 is 4.41. The molecular formula is C10H16O4. The first-order chi connectivity index (χ1) is 6.47. The molecule has 0 aliphatic heterocycles. The molecule has 0 aliphatic carbocycles. The van der Waals surface area contributed by atoms with Gasteiger partial charge in [0.1, 0.15) is 0 Å². The van der Waals surface area contributed by atoms with E-state index in [1.165, 1.54) is 7.11 Å². The lowest BCUT2D eigenvalue weighted by atomic mass is 10.0. The maximum absolute atomic E-state index is 10.9. The lowest BCUT2D eigenvalue weighted by Crippen LogP contribution is -2.18. The first-order valence-electron chi connectivity index (χ1n) is 4.40. The summed E-state index contributed by atoms with van der Waals surface area (Å²) in [6.45, 7) is 3.77. The molecule has 0 rings (SSSR count). The predicted molar refractivity (Wildman–Crippen MR) is 51.8 cm³/mol. The standard InChI is InChI=1S/C10H16O4/c1-7(2)4-5-8(10(12)13)6-9(11)14-3/h4,8H,5-6H2,1-3H3,(H,12,13). The van der Waals surface area contributed by atoms with Gasteiger partial charge in [-0.3, -0.25) is 9.59 Å². The van der Waals surface area contributed by atoms with Crippen molar-refractivity contribution in [2.45, 2.75) is 26.7 Å². The Morgan fingerprint density at radius 3 is 2.36 bits per heavy atom. The quantitative estimate of drug-likeness (QED) is 0.541. The second kappa shape index (κ2) is 6.18. The van der Waals surface area contributed by atoms with Crippen LogP contribution in [-0.4, -0.2) is 24.2 Å². The van der Waals surface area contributed by atoms with Gasteiger partial charge in [-0.15, -0.1) is 0 Å². The van der Waals surface area contributed by atoms with Crippen LogP contribution < -0.4 is 0 Å². The highest BCUT2D eigenvalue weighted by Gasteiger charge is 2.20. The second-order valence-electron chi connectivity index (χ2n) is 3.33. The van der Waals surface area contributed by atoms with Crippen molar-refractivity contribution in [2.24, 2.45) is 5.92 Å². The van der Waals surface area contributed by atoms with Gasteiger partial charge in [0.25, 0.3) is 0 Å². The minimum Gasteiger partial charge on any atom is -0.481 e. The molecule has 0 saturated carbocycles. The molecule has 4 heteroatoms. The molecule has 0 saturated heterocycles. The molecule has 0 aromatic heterocycles. The van der Waals surface area contributed by atoms with Crippen LogP contribution in [0.1, 0.15) is 26.7 Å². The van der Waals surface area contributed by atoms with E-state index in [0.717, 1.165) is 5.57 Å². The Labute approximate surface area is 83.6 Å². The third-order valence-corrected chi connectivity index (χ3v) is 1.80. The van der Waals surface area contributed by atoms with E-state index >= 15 is 0 Å². The van der Waals surface area contributed by atoms with Gasteiger partial charge in [0.15, 0.2) is 0 Å². The molecule has 14 heavy (non-hydrogen) atoms. The number of carboxylic acid groups (broad SMARTS) is 1. The number of methoxy groups -OCH3 is 1. The maximum atomic E-state index is 10.9. The minimum absolute atomic E-state index is 0.0738. The van der Waals surface area contributed by atoms with E-state index in [0.29, 0.717) is 6.42 Å². The minimum atomic E-state index is -0.965. The van der Waals surface area contributed by atoms with Gasteiger partial charge in [-0.05, 0) is 20.3 Å². The summed E-state index contributed by atoms with van der Waals surface area (Å²) in [7, 11) is 1.25. The van der Waals surface area contributed by atoms with Crippen LogP contribution in [0.5, 0.6) is 0 Å². The third kappa shape index (κ3) is 5.35. The third-order valence-electron chi connectivity index (χ3n) is 1.80. The molecule has 0 aromatic carbocycles. The first kappa shape index (κ1) is 12.7. The number of allylic oxidation sites excluding steroid dienone is 2. The van der Waals surface area contributed by atoms with Crippen molar-refractivity contribution in [3.63, 3.8) is 0 Å². The zero-order valence-electron chi connectivity index (χ0n) is 8.74. The lowest BCUT2D eigenvalue weighted by molar-refractivity contribution is -0.149. The lowest BCUT2D eigenvalue weighted by Gasteiger charge is -2.08. The fourth-order valence-corrected chi connectivity index (χ4v) is 0.934. The normalized spacial score (nSPS) is 11.6. The van der Waals surface area contributed by atoms with Gasteiger partial charge in [0.2, 0.25) is 0 Å². The zero-order chi connectivity index (χ0) is 11.1. The fraction of sp³-hybridized carbons (Fsp3) is 0.600. The van der Waals surface area contributed by atoms with Crippen LogP contribution >= 0.6 is 0 Å². The SMILES string of the molecule is COC(=O)CC(CC=C(C)C)C(=O)O. The largest absolute Gasteiger partial charge is 0.481 e. The maximum Gasteiger partial charge on any atom is 0.307 e. The molecule has 4 nitrogen and oxygen atoms in total. The van der Waals surface area contributed by atoms with E-state index in [9.17, 15) is 9.59 Å². The molecule has 0 aliphatic rings. The van der Waals surface area contributed by atoms with E-state index < -0.39 is 17.9 Å². The van der Waals surface area contributed by atoms with Gasteiger partial charge in [-0.1, -0.05) is 11.6 Å². The van der Waals surface area contributed by atoms with Crippen LogP contribution in [0, 0.1) is 5.92 Å². The number of aliphatic carboxylic acids is 1. The fourth-order valence-electron chi connectivity index (χ4n) is 0.934. The van der Waals surface area contributed by atoms with Gasteiger partial charge in [-0.25, -0.2) is 0 Å². The van der Waals surface area contributed by atoms with Crippen LogP contribution in [0.3, 0.4) is 0 Å². The summed E-state index contributed by atoms with van der Waals surface area (Å²) in [5.74, 6) is -2.13. The molecule has 0 aromatic rings. The molecular weight excluding hydrogens is 184 g/mol. The molecule has 0 spiro atoms. The summed E-state index contributed by atoms with van der Waals surface area (Å²) >= 11 is 0. The molecule has 0 amide bonds. The number of carbonyl (C=O) groups excluding carboxylic acids is 1. The van der Waals surface area contributed by atoms with Gasteiger partial charge in [0.05, 0.1) is 19.4 Å².